The maximum Gasteiger partial charge on any atom is 0.270 e. The summed E-state index contributed by atoms with van der Waals surface area (Å²) in [6, 6.07) is 6.98. The van der Waals surface area contributed by atoms with Crippen LogP contribution in [0.5, 0.6) is 5.75 Å². The highest BCUT2D eigenvalue weighted by Crippen LogP contribution is 2.24. The molecule has 2 aromatic rings. The van der Waals surface area contributed by atoms with Crippen molar-refractivity contribution in [2.75, 3.05) is 38.9 Å². The molecular formula is C17H22N2O5S. The van der Waals surface area contributed by atoms with Crippen molar-refractivity contribution in [2.45, 2.75) is 12.5 Å². The van der Waals surface area contributed by atoms with E-state index in [-0.39, 0.29) is 23.5 Å². The summed E-state index contributed by atoms with van der Waals surface area (Å²) in [6.07, 6.45) is 0.464. The van der Waals surface area contributed by atoms with E-state index in [0.717, 1.165) is 10.9 Å². The van der Waals surface area contributed by atoms with Crippen molar-refractivity contribution in [3.05, 3.63) is 30.0 Å². The first kappa shape index (κ1) is 17.8. The van der Waals surface area contributed by atoms with Gasteiger partial charge in [-0.15, -0.1) is 0 Å². The van der Waals surface area contributed by atoms with Crippen molar-refractivity contribution in [1.82, 2.24) is 9.88 Å². The van der Waals surface area contributed by atoms with Gasteiger partial charge in [0.05, 0.1) is 25.2 Å². The fourth-order valence-electron chi connectivity index (χ4n) is 3.17. The van der Waals surface area contributed by atoms with E-state index in [1.165, 1.54) is 0 Å². The number of hydrogen-bond acceptors (Lipinski definition) is 5. The van der Waals surface area contributed by atoms with Crippen LogP contribution >= 0.6 is 0 Å². The van der Waals surface area contributed by atoms with Crippen LogP contribution in [-0.2, 0) is 14.6 Å². The van der Waals surface area contributed by atoms with E-state index in [2.05, 4.69) is 4.98 Å². The van der Waals surface area contributed by atoms with Crippen LogP contribution in [0.1, 0.15) is 16.9 Å². The Balaban J connectivity index is 1.88. The Morgan fingerprint density at radius 3 is 2.76 bits per heavy atom. The number of aromatic amines is 1. The minimum absolute atomic E-state index is 0.0104. The monoisotopic (exact) mass is 366 g/mol. The number of benzene rings is 1. The van der Waals surface area contributed by atoms with Gasteiger partial charge in [0.25, 0.3) is 5.91 Å². The van der Waals surface area contributed by atoms with Crippen molar-refractivity contribution < 1.29 is 22.7 Å². The summed E-state index contributed by atoms with van der Waals surface area (Å²) in [5, 5.41) is 0.869. The summed E-state index contributed by atoms with van der Waals surface area (Å²) in [7, 11) is 0.0727. The second kappa shape index (κ2) is 7.05. The zero-order valence-corrected chi connectivity index (χ0v) is 15.1. The molecule has 1 fully saturated rings. The Bertz CT molecular complexity index is 874. The molecule has 1 aliphatic heterocycles. The average molecular weight is 366 g/mol. The third kappa shape index (κ3) is 3.80. The molecule has 1 aromatic carbocycles. The molecule has 1 aliphatic rings. The van der Waals surface area contributed by atoms with Crippen molar-refractivity contribution in [3.8, 4) is 5.75 Å². The number of nitrogens with one attached hydrogen (secondary N) is 1. The minimum Gasteiger partial charge on any atom is -0.497 e. The Labute approximate surface area is 146 Å². The second-order valence-corrected chi connectivity index (χ2v) is 8.41. The summed E-state index contributed by atoms with van der Waals surface area (Å²) < 4.78 is 33.9. The smallest absolute Gasteiger partial charge is 0.270 e. The number of nitrogens with zero attached hydrogens (tertiary/aromatic N) is 1. The topological polar surface area (TPSA) is 88.7 Å². The third-order valence-electron chi connectivity index (χ3n) is 4.50. The van der Waals surface area contributed by atoms with Crippen molar-refractivity contribution in [2.24, 2.45) is 0 Å². The Hall–Kier alpha value is -2.06. The summed E-state index contributed by atoms with van der Waals surface area (Å²) in [5.41, 5.74) is 1.26. The number of carbonyl (C=O) groups excluding carboxylic acids is 1. The molecule has 3 rings (SSSR count). The Morgan fingerprint density at radius 1 is 1.32 bits per heavy atom. The van der Waals surface area contributed by atoms with Crippen LogP contribution in [0.2, 0.25) is 0 Å². The number of hydrogen-bond donors (Lipinski definition) is 1. The highest BCUT2D eigenvalue weighted by molar-refractivity contribution is 7.91. The van der Waals surface area contributed by atoms with Gasteiger partial charge in [0.15, 0.2) is 9.84 Å². The van der Waals surface area contributed by atoms with Gasteiger partial charge in [0.1, 0.15) is 11.4 Å². The van der Waals surface area contributed by atoms with Crippen LogP contribution in [0.25, 0.3) is 10.9 Å². The number of rotatable bonds is 6. The lowest BCUT2D eigenvalue weighted by molar-refractivity contribution is 0.0619. The standard InChI is InChI=1S/C17H22N2O5S/c1-23-7-6-19(13-5-8-25(21,22)11-13)17(20)16-10-12-9-14(24-2)3-4-15(12)18-16/h3-4,9-10,13,18H,5-8,11H2,1-2H3. The third-order valence-corrected chi connectivity index (χ3v) is 6.26. The number of sulfone groups is 1. The lowest BCUT2D eigenvalue weighted by Gasteiger charge is -2.27. The van der Waals surface area contributed by atoms with Gasteiger partial charge in [-0.25, -0.2) is 8.42 Å². The number of carbonyl (C=O) groups is 1. The molecule has 7 nitrogen and oxygen atoms in total. The molecule has 0 bridgehead atoms. The van der Waals surface area contributed by atoms with Crippen molar-refractivity contribution in [1.29, 1.82) is 0 Å². The van der Waals surface area contributed by atoms with Crippen molar-refractivity contribution in [3.63, 3.8) is 0 Å². The molecule has 1 saturated heterocycles. The highest BCUT2D eigenvalue weighted by Gasteiger charge is 2.35. The number of ether oxygens (including phenoxy) is 2. The normalized spacial score (nSPS) is 19.2. The molecule has 0 saturated carbocycles. The molecule has 25 heavy (non-hydrogen) atoms. The SMILES string of the molecule is COCCN(C(=O)c1cc2cc(OC)ccc2[nH]1)C1CCS(=O)(=O)C1. The van der Waals surface area contributed by atoms with Crippen LogP contribution in [0.3, 0.4) is 0 Å². The van der Waals surface area contributed by atoms with Gasteiger partial charge in [0, 0.05) is 30.6 Å². The first-order chi connectivity index (χ1) is 11.9. The number of H-pyrrole nitrogens is 1. The molecule has 2 heterocycles. The predicted octanol–water partition coefficient (Wildman–Crippen LogP) is 1.45. The van der Waals surface area contributed by atoms with Crippen LogP contribution in [0.15, 0.2) is 24.3 Å². The molecule has 8 heteroatoms. The summed E-state index contributed by atoms with van der Waals surface area (Å²) in [4.78, 5) is 17.7. The van der Waals surface area contributed by atoms with Crippen LogP contribution in [0.4, 0.5) is 0 Å². The largest absolute Gasteiger partial charge is 0.497 e. The van der Waals surface area contributed by atoms with Gasteiger partial charge in [-0.2, -0.15) is 0 Å². The maximum atomic E-state index is 13.0. The first-order valence-corrected chi connectivity index (χ1v) is 9.93. The van der Waals surface area contributed by atoms with Crippen LogP contribution in [-0.4, -0.2) is 69.1 Å². The molecule has 1 aromatic heterocycles. The molecular weight excluding hydrogens is 344 g/mol. The molecule has 0 spiro atoms. The van der Waals surface area contributed by atoms with E-state index < -0.39 is 9.84 Å². The van der Waals surface area contributed by atoms with Crippen LogP contribution in [0, 0.1) is 0 Å². The summed E-state index contributed by atoms with van der Waals surface area (Å²) in [5.74, 6) is 0.632. The number of fused-ring (bicyclic) bond motifs is 1. The second-order valence-electron chi connectivity index (χ2n) is 6.18. The Morgan fingerprint density at radius 2 is 2.12 bits per heavy atom. The molecule has 1 atom stereocenters. The molecule has 1 amide bonds. The highest BCUT2D eigenvalue weighted by atomic mass is 32.2. The van der Waals surface area contributed by atoms with Crippen molar-refractivity contribution >= 4 is 26.6 Å². The van der Waals surface area contributed by atoms with Gasteiger partial charge < -0.3 is 19.4 Å². The van der Waals surface area contributed by atoms with Gasteiger partial charge >= 0.3 is 0 Å². The molecule has 0 radical (unpaired) electrons. The van der Waals surface area contributed by atoms with Gasteiger partial charge in [0.2, 0.25) is 0 Å². The fraction of sp³-hybridized carbons (Fsp3) is 0.471. The van der Waals surface area contributed by atoms with E-state index >= 15 is 0 Å². The Kier molecular flexibility index (Phi) is 5.01. The maximum absolute atomic E-state index is 13.0. The summed E-state index contributed by atoms with van der Waals surface area (Å²) in [6.45, 7) is 0.713. The lowest BCUT2D eigenvalue weighted by atomic mass is 10.2. The zero-order valence-electron chi connectivity index (χ0n) is 14.3. The van der Waals surface area contributed by atoms with E-state index in [1.807, 2.05) is 18.2 Å². The van der Waals surface area contributed by atoms with Crippen LogP contribution < -0.4 is 4.74 Å². The minimum atomic E-state index is -3.08. The van der Waals surface area contributed by atoms with E-state index in [1.54, 1.807) is 25.2 Å². The molecule has 0 aliphatic carbocycles. The molecule has 1 unspecified atom stereocenters. The zero-order chi connectivity index (χ0) is 18.0. The van der Waals surface area contributed by atoms with Gasteiger partial charge in [-0.3, -0.25) is 4.79 Å². The fourth-order valence-corrected chi connectivity index (χ4v) is 4.90. The van der Waals surface area contributed by atoms with E-state index in [4.69, 9.17) is 9.47 Å². The summed E-state index contributed by atoms with van der Waals surface area (Å²) >= 11 is 0. The molecule has 1 N–H and O–H groups in total. The number of amides is 1. The first-order valence-electron chi connectivity index (χ1n) is 8.10. The quantitative estimate of drug-likeness (QED) is 0.836. The average Bonchev–Trinajstić information content (AvgIpc) is 3.17. The van der Waals surface area contributed by atoms with Gasteiger partial charge in [-0.1, -0.05) is 0 Å². The number of methoxy groups -OCH3 is 2. The predicted molar refractivity (Wildman–Crippen MR) is 94.8 cm³/mol. The number of aromatic nitrogens is 1. The van der Waals surface area contributed by atoms with E-state index in [0.29, 0.717) is 31.0 Å². The lowest BCUT2D eigenvalue weighted by Crippen LogP contribution is -2.43. The molecule has 136 valence electrons. The van der Waals surface area contributed by atoms with E-state index in [9.17, 15) is 13.2 Å². The van der Waals surface area contributed by atoms with Gasteiger partial charge in [-0.05, 0) is 30.7 Å².